The van der Waals surface area contributed by atoms with E-state index in [2.05, 4.69) is 19.9 Å². The van der Waals surface area contributed by atoms with Crippen molar-refractivity contribution in [1.29, 1.82) is 0 Å². The minimum absolute atomic E-state index is 0.144. The molecule has 47 heavy (non-hydrogen) atoms. The third kappa shape index (κ3) is 4.17. The number of rotatable bonds is 4. The highest BCUT2D eigenvalue weighted by Gasteiger charge is 2.19. The fourth-order valence-corrected chi connectivity index (χ4v) is 5.88. The number of hydrogen-bond donors (Lipinski definition) is 0. The number of hydrogen-bond acceptors (Lipinski definition) is 6. The fraction of sp³-hybridized carbons (Fsp3) is 0. The molecule has 0 N–H and O–H groups in total. The fourth-order valence-electron chi connectivity index (χ4n) is 5.05. The summed E-state index contributed by atoms with van der Waals surface area (Å²) in [5, 5.41) is -1.70. The van der Waals surface area contributed by atoms with Gasteiger partial charge < -0.3 is 4.42 Å². The van der Waals surface area contributed by atoms with E-state index >= 15 is 0 Å². The van der Waals surface area contributed by atoms with Gasteiger partial charge in [-0.05, 0) is 48.3 Å². The van der Waals surface area contributed by atoms with Gasteiger partial charge >= 0.3 is 0 Å². The van der Waals surface area contributed by atoms with Crippen molar-refractivity contribution >= 4 is 65.3 Å². The molecule has 6 nitrogen and oxygen atoms in total. The first-order valence-electron chi connectivity index (χ1n) is 25.0. The Balaban J connectivity index is 1.38. The summed E-state index contributed by atoms with van der Waals surface area (Å²) < 4.78 is 207. The van der Waals surface area contributed by atoms with E-state index in [-0.39, 0.29) is 31.6 Å². The zero-order valence-corrected chi connectivity index (χ0v) is 23.9. The zero-order valence-electron chi connectivity index (χ0n) is 46.1. The van der Waals surface area contributed by atoms with Crippen molar-refractivity contribution < 1.29 is 35.9 Å². The maximum absolute atomic E-state index is 9.44. The van der Waals surface area contributed by atoms with Gasteiger partial charge in [0, 0.05) is 38.2 Å². The van der Waals surface area contributed by atoms with Gasteiger partial charge in [0.15, 0.2) is 11.6 Å². The molecule has 0 amide bonds. The second-order valence-corrected chi connectivity index (χ2v) is 10.8. The SMILES string of the molecule is [2H]c1c([2H])c([2H])c(-c2nc3c([2H])c(-c4nc(-c5c([2H])c([2H])c6c(oc7c([2H])c([2H])c([2H])c([2H])c76)c5[2H])nc(-n5c6c([2H])c([2H])c([2H])c([2H])c6c6c([2H])c([2H])c([2H])c([2H])c65)n4)c([2H])c([2H])c3s2)c([2H])c1[2H]. The molecule has 0 saturated carbocycles. The molecule has 0 saturated heterocycles. The van der Waals surface area contributed by atoms with Gasteiger partial charge in [-0.25, -0.2) is 9.97 Å². The Hall–Kier alpha value is -6.18. The summed E-state index contributed by atoms with van der Waals surface area (Å²) in [4.78, 5) is 17.9. The molecule has 220 valence electrons. The highest BCUT2D eigenvalue weighted by molar-refractivity contribution is 7.21. The Bertz CT molecular complexity index is 4020. The molecule has 0 aliphatic heterocycles. The van der Waals surface area contributed by atoms with E-state index in [1.54, 1.807) is 0 Å². The van der Waals surface area contributed by atoms with Crippen LogP contribution in [0, 0.1) is 0 Å². The van der Waals surface area contributed by atoms with Crippen LogP contribution in [-0.4, -0.2) is 24.5 Å². The van der Waals surface area contributed by atoms with Crippen LogP contribution in [0.1, 0.15) is 31.5 Å². The normalized spacial score (nSPS) is 18.7. The van der Waals surface area contributed by atoms with Crippen molar-refractivity contribution in [2.45, 2.75) is 0 Å². The number of nitrogens with zero attached hydrogens (tertiary/aromatic N) is 5. The van der Waals surface area contributed by atoms with Crippen LogP contribution < -0.4 is 0 Å². The van der Waals surface area contributed by atoms with E-state index in [9.17, 15) is 5.48 Å². The number of fused-ring (bicyclic) bond motifs is 7. The second kappa shape index (κ2) is 10.2. The van der Waals surface area contributed by atoms with Crippen molar-refractivity contribution in [2.24, 2.45) is 0 Å². The van der Waals surface area contributed by atoms with Crippen LogP contribution in [0.2, 0.25) is 0 Å². The predicted octanol–water partition coefficient (Wildman–Crippen LogP) is 10.5. The highest BCUT2D eigenvalue weighted by atomic mass is 32.1. The number of para-hydroxylation sites is 3. The van der Waals surface area contributed by atoms with E-state index in [0.29, 0.717) is 11.3 Å². The van der Waals surface area contributed by atoms with Gasteiger partial charge in [-0.1, -0.05) is 90.6 Å². The van der Waals surface area contributed by atoms with Crippen molar-refractivity contribution in [3.63, 3.8) is 0 Å². The average molecular weight is 645 g/mol. The topological polar surface area (TPSA) is 69.6 Å². The summed E-state index contributed by atoms with van der Waals surface area (Å²) in [6, 6.07) is -16.7. The molecule has 0 spiro atoms. The number of thiazole rings is 1. The van der Waals surface area contributed by atoms with Gasteiger partial charge in [-0.15, -0.1) is 11.3 Å². The molecular weight excluding hydrogens is 599 g/mol. The van der Waals surface area contributed by atoms with Crippen LogP contribution in [0.15, 0.2) is 143 Å². The molecule has 0 fully saturated rings. The van der Waals surface area contributed by atoms with E-state index in [0.717, 1.165) is 4.57 Å². The molecule has 10 aromatic rings. The van der Waals surface area contributed by atoms with E-state index in [1.165, 1.54) is 0 Å². The van der Waals surface area contributed by atoms with Crippen molar-refractivity contribution in [2.75, 3.05) is 0 Å². The molecule has 7 heteroatoms. The standard InChI is InChI=1S/C40H23N5OS/c1-2-10-24(11-3-1)39-41-31-22-25(19-21-36(31)47-39)37-42-38(26-18-20-30-29-14-6-9-17-34(29)46-35(30)23-26)44-40(43-37)45-32-15-7-4-12-27(32)28-13-5-8-16-33(28)45/h1-23H/i1D,2D,3D,4D,5D,6D,7D,8D,9D,10D,11D,12D,13D,14D,15D,16D,17D,18D,19D,20D,21D,22D,23D. The van der Waals surface area contributed by atoms with Crippen molar-refractivity contribution in [3.05, 3.63) is 139 Å². The monoisotopic (exact) mass is 644 g/mol. The summed E-state index contributed by atoms with van der Waals surface area (Å²) in [5.41, 5.74) is -3.94. The molecule has 0 unspecified atom stereocenters. The molecule has 0 radical (unpaired) electrons. The number of benzene rings is 6. The first-order valence-corrected chi connectivity index (χ1v) is 14.3. The largest absolute Gasteiger partial charge is 0.456 e. The highest BCUT2D eigenvalue weighted by Crippen LogP contribution is 2.36. The van der Waals surface area contributed by atoms with Crippen molar-refractivity contribution in [1.82, 2.24) is 24.5 Å². The van der Waals surface area contributed by atoms with Crippen LogP contribution in [0.25, 0.3) is 93.3 Å². The molecule has 10 rings (SSSR count). The summed E-state index contributed by atoms with van der Waals surface area (Å²) in [5.74, 6) is -2.23. The van der Waals surface area contributed by atoms with Crippen molar-refractivity contribution in [3.8, 4) is 39.3 Å². The summed E-state index contributed by atoms with van der Waals surface area (Å²) >= 11 is 0.649. The summed E-state index contributed by atoms with van der Waals surface area (Å²) in [6.45, 7) is 0. The van der Waals surface area contributed by atoms with Gasteiger partial charge in [0.2, 0.25) is 5.95 Å². The van der Waals surface area contributed by atoms with Gasteiger partial charge in [0.05, 0.1) is 52.8 Å². The molecular formula is C40H23N5OS. The summed E-state index contributed by atoms with van der Waals surface area (Å²) in [6.07, 6.45) is 0. The Morgan fingerprint density at radius 3 is 1.89 bits per heavy atom. The third-order valence-electron chi connectivity index (χ3n) is 7.07. The Morgan fingerprint density at radius 2 is 1.13 bits per heavy atom. The van der Waals surface area contributed by atoms with Gasteiger partial charge in [0.25, 0.3) is 0 Å². The van der Waals surface area contributed by atoms with E-state index in [4.69, 9.17) is 30.5 Å². The lowest BCUT2D eigenvalue weighted by Gasteiger charge is -2.11. The maximum atomic E-state index is 9.44. The number of aromatic nitrogens is 5. The lowest BCUT2D eigenvalue weighted by Crippen LogP contribution is -2.06. The molecule has 0 atom stereocenters. The second-order valence-electron chi connectivity index (χ2n) is 9.77. The predicted molar refractivity (Wildman–Crippen MR) is 191 cm³/mol. The first-order chi connectivity index (χ1) is 32.8. The van der Waals surface area contributed by atoms with Gasteiger partial charge in [0.1, 0.15) is 16.2 Å². The smallest absolute Gasteiger partial charge is 0.238 e. The maximum Gasteiger partial charge on any atom is 0.238 e. The Morgan fingerprint density at radius 1 is 0.511 bits per heavy atom. The minimum atomic E-state index is -0.835. The van der Waals surface area contributed by atoms with Gasteiger partial charge in [-0.3, -0.25) is 4.57 Å². The molecule has 0 bridgehead atoms. The molecule has 4 aromatic heterocycles. The third-order valence-corrected chi connectivity index (χ3v) is 8.06. The van der Waals surface area contributed by atoms with Gasteiger partial charge in [-0.2, -0.15) is 9.97 Å². The van der Waals surface area contributed by atoms with E-state index < -0.39 is 201 Å². The molecule has 4 heterocycles. The zero-order chi connectivity index (χ0) is 50.9. The molecule has 0 aliphatic rings. The Kier molecular flexibility index (Phi) is 2.64. The molecule has 6 aromatic carbocycles. The van der Waals surface area contributed by atoms with E-state index in [1.807, 2.05) is 0 Å². The van der Waals surface area contributed by atoms with Crippen LogP contribution >= 0.6 is 11.3 Å². The lowest BCUT2D eigenvalue weighted by molar-refractivity contribution is 0.669. The summed E-state index contributed by atoms with van der Waals surface area (Å²) in [7, 11) is 0. The minimum Gasteiger partial charge on any atom is -0.456 e. The average Bonchev–Trinajstić information content (AvgIpc) is 4.06. The first kappa shape index (κ1) is 12.2. The van der Waals surface area contributed by atoms with Crippen LogP contribution in [0.5, 0.6) is 0 Å². The molecule has 0 aliphatic carbocycles. The number of furan rings is 1. The van der Waals surface area contributed by atoms with Crippen LogP contribution in [0.3, 0.4) is 0 Å². The quantitative estimate of drug-likeness (QED) is 0.191. The lowest BCUT2D eigenvalue weighted by atomic mass is 10.1. The Labute approximate surface area is 304 Å². The van der Waals surface area contributed by atoms with Crippen LogP contribution in [-0.2, 0) is 0 Å². The van der Waals surface area contributed by atoms with Crippen LogP contribution in [0.4, 0.5) is 0 Å².